The number of aromatic nitrogens is 1. The number of hydrogen-bond acceptors (Lipinski definition) is 3. The van der Waals surface area contributed by atoms with Crippen molar-refractivity contribution in [1.29, 1.82) is 0 Å². The molecule has 1 rings (SSSR count). The Morgan fingerprint density at radius 2 is 2.00 bits per heavy atom. The Bertz CT molecular complexity index is 776. The van der Waals surface area contributed by atoms with Gasteiger partial charge in [0.15, 0.2) is 5.78 Å². The molecule has 0 fully saturated rings. The lowest BCUT2D eigenvalue weighted by molar-refractivity contribution is -0.114. The summed E-state index contributed by atoms with van der Waals surface area (Å²) in [6.45, 7) is 9.69. The molecule has 0 spiro atoms. The highest BCUT2D eigenvalue weighted by molar-refractivity contribution is 7.98. The first-order chi connectivity index (χ1) is 12.5. The van der Waals surface area contributed by atoms with Crippen LogP contribution >= 0.6 is 11.8 Å². The molecule has 0 radical (unpaired) electrons. The molecule has 0 aliphatic carbocycles. The molecule has 0 N–H and O–H groups in total. The second-order valence-electron chi connectivity index (χ2n) is 5.77. The van der Waals surface area contributed by atoms with Crippen molar-refractivity contribution in [2.45, 2.75) is 38.5 Å². The molecule has 0 atom stereocenters. The highest BCUT2D eigenvalue weighted by Gasteiger charge is 2.12. The molecule has 0 aromatic carbocycles. The van der Waals surface area contributed by atoms with Gasteiger partial charge in [0.2, 0.25) is 6.41 Å². The Kier molecular flexibility index (Phi) is 9.45. The van der Waals surface area contributed by atoms with E-state index in [2.05, 4.69) is 6.58 Å². The molecular weight excluding hydrogens is 342 g/mol. The van der Waals surface area contributed by atoms with Gasteiger partial charge in [-0.15, -0.1) is 11.8 Å². The lowest BCUT2D eigenvalue weighted by atomic mass is 10.1. The summed E-state index contributed by atoms with van der Waals surface area (Å²) < 4.78 is 1.60. The third-order valence-electron chi connectivity index (χ3n) is 3.79. The van der Waals surface area contributed by atoms with E-state index in [1.165, 1.54) is 0 Å². The fourth-order valence-electron chi connectivity index (χ4n) is 2.42. The molecule has 1 aromatic heterocycles. The number of carbonyl (C=O) groups is 2. The van der Waals surface area contributed by atoms with E-state index < -0.39 is 0 Å². The zero-order valence-electron chi connectivity index (χ0n) is 16.0. The smallest absolute Gasteiger partial charge is 0.218 e. The van der Waals surface area contributed by atoms with Crippen LogP contribution in [0.3, 0.4) is 0 Å². The Balaban J connectivity index is 2.78. The summed E-state index contributed by atoms with van der Waals surface area (Å²) in [5.74, 6) is 0.0805. The SMILES string of the molecule is C=C(C)c1cc(SC)c(/C=C/CCC(=O)/C=C/C(/C=C\C)=C/C)n1C=O. The topological polar surface area (TPSA) is 39.1 Å². The zero-order chi connectivity index (χ0) is 19.5. The predicted molar refractivity (Wildman–Crippen MR) is 114 cm³/mol. The second-order valence-corrected chi connectivity index (χ2v) is 6.62. The number of allylic oxidation sites excluding steroid dienone is 8. The zero-order valence-corrected chi connectivity index (χ0v) is 16.8. The van der Waals surface area contributed by atoms with Gasteiger partial charge in [-0.25, -0.2) is 0 Å². The van der Waals surface area contributed by atoms with Gasteiger partial charge in [0.1, 0.15) is 0 Å². The number of rotatable bonds is 10. The fourth-order valence-corrected chi connectivity index (χ4v) is 3.02. The van der Waals surface area contributed by atoms with Gasteiger partial charge in [0.05, 0.1) is 11.4 Å². The van der Waals surface area contributed by atoms with Crippen LogP contribution in [0.4, 0.5) is 0 Å². The largest absolute Gasteiger partial charge is 0.295 e. The van der Waals surface area contributed by atoms with E-state index >= 15 is 0 Å². The molecule has 3 nitrogen and oxygen atoms in total. The minimum Gasteiger partial charge on any atom is -0.295 e. The molecule has 0 saturated carbocycles. The van der Waals surface area contributed by atoms with Crippen molar-refractivity contribution in [3.8, 4) is 0 Å². The van der Waals surface area contributed by atoms with Crippen LogP contribution in [0.15, 0.2) is 59.6 Å². The first-order valence-corrected chi connectivity index (χ1v) is 9.77. The Morgan fingerprint density at radius 1 is 1.27 bits per heavy atom. The van der Waals surface area contributed by atoms with E-state index in [0.717, 1.165) is 33.8 Å². The predicted octanol–water partition coefficient (Wildman–Crippen LogP) is 5.72. The van der Waals surface area contributed by atoms with Gasteiger partial charge in [-0.05, 0) is 62.8 Å². The summed E-state index contributed by atoms with van der Waals surface area (Å²) in [5.41, 5.74) is 3.49. The van der Waals surface area contributed by atoms with E-state index in [1.54, 1.807) is 22.4 Å². The molecule has 0 bridgehead atoms. The summed E-state index contributed by atoms with van der Waals surface area (Å²) in [6.07, 6.45) is 17.0. The third-order valence-corrected chi connectivity index (χ3v) is 4.56. The van der Waals surface area contributed by atoms with Gasteiger partial charge in [-0.3, -0.25) is 14.2 Å². The second kappa shape index (κ2) is 11.3. The maximum atomic E-state index is 12.0. The third kappa shape index (κ3) is 6.19. The van der Waals surface area contributed by atoms with Crippen LogP contribution < -0.4 is 0 Å². The molecule has 0 saturated heterocycles. The van der Waals surface area contributed by atoms with E-state index in [4.69, 9.17) is 0 Å². The standard InChI is InChI=1S/C22H27NO2S/c1-6-10-18(7-2)13-14-19(25)11-8-9-12-20-22(26-5)15-21(17(3)4)23(20)16-24/h6-7,9-10,12-16H,3,8,11H2,1-2,4-5H3/b10-6-,12-9+,14-13+,18-7+. The normalized spacial score (nSPS) is 12.5. The van der Waals surface area contributed by atoms with Crippen molar-refractivity contribution in [2.24, 2.45) is 0 Å². The van der Waals surface area contributed by atoms with Gasteiger partial charge in [0, 0.05) is 11.3 Å². The minimum absolute atomic E-state index is 0.0805. The Morgan fingerprint density at radius 3 is 2.54 bits per heavy atom. The summed E-state index contributed by atoms with van der Waals surface area (Å²) >= 11 is 1.58. The molecule has 4 heteroatoms. The monoisotopic (exact) mass is 369 g/mol. The van der Waals surface area contributed by atoms with Gasteiger partial charge in [-0.1, -0.05) is 37.0 Å². The van der Waals surface area contributed by atoms with Crippen LogP contribution in [0.25, 0.3) is 11.6 Å². The number of thioether (sulfide) groups is 1. The maximum absolute atomic E-state index is 12.0. The summed E-state index contributed by atoms with van der Waals surface area (Å²) in [4.78, 5) is 24.4. The van der Waals surface area contributed by atoms with Gasteiger partial charge < -0.3 is 0 Å². The molecule has 138 valence electrons. The average Bonchev–Trinajstić information content (AvgIpc) is 3.00. The van der Waals surface area contributed by atoms with Crippen molar-refractivity contribution < 1.29 is 9.59 Å². The number of nitrogens with zero attached hydrogens (tertiary/aromatic N) is 1. The van der Waals surface area contributed by atoms with E-state index in [1.807, 2.05) is 69.5 Å². The highest BCUT2D eigenvalue weighted by atomic mass is 32.2. The molecule has 0 aliphatic heterocycles. The van der Waals surface area contributed by atoms with Crippen molar-refractivity contribution in [2.75, 3.05) is 6.26 Å². The lowest BCUT2D eigenvalue weighted by Gasteiger charge is -2.03. The van der Waals surface area contributed by atoms with Crippen LogP contribution in [0.1, 0.15) is 45.0 Å². The average molecular weight is 370 g/mol. The van der Waals surface area contributed by atoms with Crippen LogP contribution in [0.5, 0.6) is 0 Å². The summed E-state index contributed by atoms with van der Waals surface area (Å²) in [6, 6.07) is 1.97. The number of hydrogen-bond donors (Lipinski definition) is 0. The van der Waals surface area contributed by atoms with Crippen LogP contribution in [-0.4, -0.2) is 23.0 Å². The maximum Gasteiger partial charge on any atom is 0.218 e. The minimum atomic E-state index is 0.0805. The fraction of sp³-hybridized carbons (Fsp3) is 0.273. The van der Waals surface area contributed by atoms with Crippen LogP contribution in [0.2, 0.25) is 0 Å². The Hall–Kier alpha value is -2.33. The first-order valence-electron chi connectivity index (χ1n) is 8.55. The van der Waals surface area contributed by atoms with Gasteiger partial charge in [0.25, 0.3) is 0 Å². The van der Waals surface area contributed by atoms with Crippen molar-refractivity contribution in [3.63, 3.8) is 0 Å². The molecule has 0 unspecified atom stereocenters. The summed E-state index contributed by atoms with van der Waals surface area (Å²) in [5, 5.41) is 0. The number of ketones is 1. The highest BCUT2D eigenvalue weighted by Crippen LogP contribution is 2.28. The quantitative estimate of drug-likeness (QED) is 0.229. The van der Waals surface area contributed by atoms with E-state index in [0.29, 0.717) is 12.8 Å². The molecular formula is C22H27NO2S. The van der Waals surface area contributed by atoms with Crippen LogP contribution in [0, 0.1) is 0 Å². The van der Waals surface area contributed by atoms with E-state index in [9.17, 15) is 9.59 Å². The molecule has 0 aliphatic rings. The van der Waals surface area contributed by atoms with Crippen molar-refractivity contribution >= 4 is 35.6 Å². The molecule has 26 heavy (non-hydrogen) atoms. The van der Waals surface area contributed by atoms with Gasteiger partial charge >= 0.3 is 0 Å². The summed E-state index contributed by atoms with van der Waals surface area (Å²) in [7, 11) is 0. The molecule has 1 aromatic rings. The molecule has 1 heterocycles. The first kappa shape index (κ1) is 21.7. The van der Waals surface area contributed by atoms with Crippen LogP contribution in [-0.2, 0) is 9.59 Å². The lowest BCUT2D eigenvalue weighted by Crippen LogP contribution is -2.01. The van der Waals surface area contributed by atoms with Crippen molar-refractivity contribution in [1.82, 2.24) is 4.57 Å². The van der Waals surface area contributed by atoms with Gasteiger partial charge in [-0.2, -0.15) is 0 Å². The Labute approximate surface area is 160 Å². The number of carbonyl (C=O) groups excluding carboxylic acids is 2. The van der Waals surface area contributed by atoms with E-state index in [-0.39, 0.29) is 5.78 Å². The molecule has 0 amide bonds. The van der Waals surface area contributed by atoms with Crippen molar-refractivity contribution in [3.05, 3.63) is 66.1 Å².